The monoisotopic (exact) mass is 625 g/mol. The van der Waals surface area contributed by atoms with Gasteiger partial charge >= 0.3 is 5.97 Å². The van der Waals surface area contributed by atoms with E-state index in [2.05, 4.69) is 9.97 Å². The van der Waals surface area contributed by atoms with E-state index in [1.54, 1.807) is 24.8 Å². The molecule has 3 aromatic rings. The highest BCUT2D eigenvalue weighted by molar-refractivity contribution is 7.89. The third-order valence-corrected chi connectivity index (χ3v) is 8.53. The number of benzene rings is 1. The van der Waals surface area contributed by atoms with Crippen molar-refractivity contribution in [3.63, 3.8) is 0 Å². The standard InChI is InChI=1S/C30H39N3O5S.2ClH/c1-2-3-23-39(36,37)33(21-6-8-26-15-19-32-20-16-26)29(30(34)35)24-27-9-11-28(12-10-27)38-22-5-4-7-25-13-17-31-18-14-25;;/h9-20,29H,2-8,21-24H2,1H3,(H,34,35);2*1H. The topological polar surface area (TPSA) is 110 Å². The normalized spacial score (nSPS) is 11.8. The van der Waals surface area contributed by atoms with Crippen LogP contribution in [0.5, 0.6) is 5.75 Å². The first-order chi connectivity index (χ1) is 18.9. The first-order valence-corrected chi connectivity index (χ1v) is 15.2. The Bertz CT molecular complexity index is 1230. The van der Waals surface area contributed by atoms with Gasteiger partial charge < -0.3 is 9.84 Å². The van der Waals surface area contributed by atoms with Crippen LogP contribution < -0.4 is 4.74 Å². The van der Waals surface area contributed by atoms with Crippen molar-refractivity contribution in [2.45, 2.75) is 64.3 Å². The number of nitrogens with zero attached hydrogens (tertiary/aromatic N) is 3. The van der Waals surface area contributed by atoms with Gasteiger partial charge in [0.25, 0.3) is 0 Å². The highest BCUT2D eigenvalue weighted by atomic mass is 35.5. The van der Waals surface area contributed by atoms with Gasteiger partial charge in [-0.1, -0.05) is 25.5 Å². The molecule has 2 aromatic heterocycles. The minimum Gasteiger partial charge on any atom is -0.494 e. The minimum absolute atomic E-state index is 0. The summed E-state index contributed by atoms with van der Waals surface area (Å²) in [7, 11) is -3.74. The lowest BCUT2D eigenvalue weighted by Crippen LogP contribution is -2.47. The van der Waals surface area contributed by atoms with Crippen molar-refractivity contribution in [3.05, 3.63) is 90.0 Å². The van der Waals surface area contributed by atoms with E-state index < -0.39 is 22.0 Å². The largest absolute Gasteiger partial charge is 0.494 e. The molecule has 1 N–H and O–H groups in total. The molecule has 0 spiro atoms. The van der Waals surface area contributed by atoms with Crippen LogP contribution in [0.3, 0.4) is 0 Å². The third-order valence-electron chi connectivity index (χ3n) is 6.57. The fourth-order valence-electron chi connectivity index (χ4n) is 4.35. The summed E-state index contributed by atoms with van der Waals surface area (Å²) in [5.74, 6) is -0.496. The summed E-state index contributed by atoms with van der Waals surface area (Å²) in [4.78, 5) is 20.4. The number of hydrogen-bond acceptors (Lipinski definition) is 6. The van der Waals surface area contributed by atoms with Crippen molar-refractivity contribution < 1.29 is 23.1 Å². The molecule has 2 heterocycles. The fraction of sp³-hybridized carbons (Fsp3) is 0.433. The SMILES string of the molecule is CCCCS(=O)(=O)N(CCCc1ccncc1)C(Cc1ccc(OCCCCc2ccncc2)cc1)C(=O)O.Cl.Cl. The molecule has 1 unspecified atom stereocenters. The van der Waals surface area contributed by atoms with E-state index in [9.17, 15) is 18.3 Å². The number of hydrogen-bond donors (Lipinski definition) is 1. The molecule has 1 aromatic carbocycles. The highest BCUT2D eigenvalue weighted by Gasteiger charge is 2.34. The zero-order valence-electron chi connectivity index (χ0n) is 23.4. The number of aliphatic carboxylic acids is 1. The Morgan fingerprint density at radius 2 is 1.39 bits per heavy atom. The summed E-state index contributed by atoms with van der Waals surface area (Å²) in [6.45, 7) is 2.65. The van der Waals surface area contributed by atoms with Gasteiger partial charge in [-0.05, 0) is 98.0 Å². The number of pyridine rings is 2. The van der Waals surface area contributed by atoms with E-state index in [0.29, 0.717) is 38.0 Å². The average molecular weight is 627 g/mol. The first-order valence-electron chi connectivity index (χ1n) is 13.6. The van der Waals surface area contributed by atoms with Crippen molar-refractivity contribution in [3.8, 4) is 5.75 Å². The number of halogens is 2. The number of carboxylic acids is 1. The molecule has 1 atom stereocenters. The van der Waals surface area contributed by atoms with E-state index in [4.69, 9.17) is 4.74 Å². The van der Waals surface area contributed by atoms with Crippen LogP contribution in [-0.2, 0) is 34.1 Å². The Hall–Kier alpha value is -2.72. The van der Waals surface area contributed by atoms with E-state index in [1.165, 1.54) is 9.87 Å². The van der Waals surface area contributed by atoms with Crippen molar-refractivity contribution in [1.29, 1.82) is 0 Å². The minimum atomic E-state index is -3.74. The summed E-state index contributed by atoms with van der Waals surface area (Å²) in [5.41, 5.74) is 3.04. The Kier molecular flexibility index (Phi) is 17.2. The van der Waals surface area contributed by atoms with Crippen LogP contribution >= 0.6 is 24.8 Å². The number of carbonyl (C=O) groups is 1. The Morgan fingerprint density at radius 1 is 0.829 bits per heavy atom. The number of unbranched alkanes of at least 4 members (excludes halogenated alkanes) is 2. The van der Waals surface area contributed by atoms with Crippen LogP contribution in [0.4, 0.5) is 0 Å². The summed E-state index contributed by atoms with van der Waals surface area (Å²) < 4.78 is 33.5. The Labute approximate surface area is 256 Å². The first kappa shape index (κ1) is 36.3. The zero-order chi connectivity index (χ0) is 27.9. The summed E-state index contributed by atoms with van der Waals surface area (Å²) in [5, 5.41) is 10.1. The molecule has 0 saturated heterocycles. The highest BCUT2D eigenvalue weighted by Crippen LogP contribution is 2.20. The zero-order valence-corrected chi connectivity index (χ0v) is 25.9. The lowest BCUT2D eigenvalue weighted by Gasteiger charge is -2.28. The second-order valence-corrected chi connectivity index (χ2v) is 11.6. The molecule has 0 aliphatic carbocycles. The average Bonchev–Trinajstić information content (AvgIpc) is 2.95. The molecule has 0 fully saturated rings. The quantitative estimate of drug-likeness (QED) is 0.178. The number of aryl methyl sites for hydroxylation is 2. The summed E-state index contributed by atoms with van der Waals surface area (Å²) in [6, 6.07) is 13.9. The molecule has 0 aliphatic rings. The molecule has 0 radical (unpaired) electrons. The molecular weight excluding hydrogens is 585 g/mol. The van der Waals surface area contributed by atoms with E-state index in [-0.39, 0.29) is 43.5 Å². The lowest BCUT2D eigenvalue weighted by molar-refractivity contribution is -0.141. The van der Waals surface area contributed by atoms with Gasteiger partial charge in [0.1, 0.15) is 11.8 Å². The molecule has 226 valence electrons. The second-order valence-electron chi connectivity index (χ2n) is 9.60. The molecule has 11 heteroatoms. The van der Waals surface area contributed by atoms with E-state index in [0.717, 1.165) is 30.4 Å². The van der Waals surface area contributed by atoms with Gasteiger partial charge in [0.05, 0.1) is 12.4 Å². The van der Waals surface area contributed by atoms with Gasteiger partial charge in [-0.25, -0.2) is 8.42 Å². The van der Waals surface area contributed by atoms with Gasteiger partial charge in [0, 0.05) is 31.3 Å². The van der Waals surface area contributed by atoms with Crippen LogP contribution in [0.25, 0.3) is 0 Å². The van der Waals surface area contributed by atoms with Crippen LogP contribution in [0.15, 0.2) is 73.3 Å². The predicted molar refractivity (Wildman–Crippen MR) is 167 cm³/mol. The maximum atomic E-state index is 13.2. The van der Waals surface area contributed by atoms with Gasteiger partial charge in [-0.15, -0.1) is 24.8 Å². The summed E-state index contributed by atoms with van der Waals surface area (Å²) in [6.07, 6.45) is 12.3. The van der Waals surface area contributed by atoms with E-state index >= 15 is 0 Å². The number of rotatable bonds is 18. The van der Waals surface area contributed by atoms with Gasteiger partial charge in [0.15, 0.2) is 0 Å². The van der Waals surface area contributed by atoms with Crippen molar-refractivity contribution >= 4 is 40.8 Å². The fourth-order valence-corrected chi connectivity index (χ4v) is 6.20. The lowest BCUT2D eigenvalue weighted by atomic mass is 10.1. The number of ether oxygens (including phenoxy) is 1. The van der Waals surface area contributed by atoms with Crippen molar-refractivity contribution in [2.75, 3.05) is 18.9 Å². The molecular formula is C30H41Cl2N3O5S. The molecule has 41 heavy (non-hydrogen) atoms. The maximum Gasteiger partial charge on any atom is 0.322 e. The predicted octanol–water partition coefficient (Wildman–Crippen LogP) is 5.78. The Balaban J connectivity index is 0.00000420. The van der Waals surface area contributed by atoms with Gasteiger partial charge in [-0.3, -0.25) is 14.8 Å². The molecule has 0 bridgehead atoms. The van der Waals surface area contributed by atoms with Crippen LogP contribution in [-0.4, -0.2) is 58.7 Å². The van der Waals surface area contributed by atoms with Crippen LogP contribution in [0, 0.1) is 0 Å². The number of carboxylic acid groups (broad SMARTS) is 1. The summed E-state index contributed by atoms with van der Waals surface area (Å²) >= 11 is 0. The Morgan fingerprint density at radius 3 is 1.93 bits per heavy atom. The molecule has 0 aliphatic heterocycles. The second kappa shape index (κ2) is 19.4. The smallest absolute Gasteiger partial charge is 0.322 e. The molecule has 8 nitrogen and oxygen atoms in total. The van der Waals surface area contributed by atoms with Crippen LogP contribution in [0.1, 0.15) is 55.7 Å². The molecule has 0 saturated carbocycles. The maximum absolute atomic E-state index is 13.2. The third kappa shape index (κ3) is 12.8. The molecule has 0 amide bonds. The van der Waals surface area contributed by atoms with Gasteiger partial charge in [-0.2, -0.15) is 4.31 Å². The van der Waals surface area contributed by atoms with Crippen molar-refractivity contribution in [1.82, 2.24) is 14.3 Å². The molecule has 3 rings (SSSR count). The number of sulfonamides is 1. The van der Waals surface area contributed by atoms with E-state index in [1.807, 2.05) is 55.5 Å². The number of aromatic nitrogens is 2. The van der Waals surface area contributed by atoms with Crippen molar-refractivity contribution in [2.24, 2.45) is 0 Å². The van der Waals surface area contributed by atoms with Crippen LogP contribution in [0.2, 0.25) is 0 Å². The van der Waals surface area contributed by atoms with Gasteiger partial charge in [0.2, 0.25) is 10.0 Å².